The molecule has 0 saturated carbocycles. The molecule has 0 spiro atoms. The van der Waals surface area contributed by atoms with Crippen molar-refractivity contribution in [3.8, 4) is 5.75 Å². The van der Waals surface area contributed by atoms with Gasteiger partial charge in [-0.25, -0.2) is 4.39 Å². The second-order valence-electron chi connectivity index (χ2n) is 4.57. The van der Waals surface area contributed by atoms with Crippen molar-refractivity contribution in [2.24, 2.45) is 0 Å². The first-order valence-electron chi connectivity index (χ1n) is 5.99. The largest absolute Gasteiger partial charge is 0.432 e. The number of rotatable bonds is 7. The zero-order valence-electron chi connectivity index (χ0n) is 10.9. The van der Waals surface area contributed by atoms with E-state index in [0.29, 0.717) is 18.5 Å². The topological polar surface area (TPSA) is 41.5 Å². The van der Waals surface area contributed by atoms with Crippen molar-refractivity contribution in [3.63, 3.8) is 0 Å². The summed E-state index contributed by atoms with van der Waals surface area (Å²) in [6.45, 7) is 1.01. The Bertz CT molecular complexity index is 409. The molecule has 0 radical (unpaired) electrons. The summed E-state index contributed by atoms with van der Waals surface area (Å²) in [5.74, 6) is -1.30. The quantitative estimate of drug-likeness (QED) is 0.805. The average molecular weight is 277 g/mol. The first-order valence-corrected chi connectivity index (χ1v) is 5.99. The van der Waals surface area contributed by atoms with Crippen molar-refractivity contribution in [2.45, 2.75) is 39.0 Å². The van der Waals surface area contributed by atoms with Crippen LogP contribution in [0.15, 0.2) is 18.2 Å². The lowest BCUT2D eigenvalue weighted by molar-refractivity contribution is -0.0522. The average Bonchev–Trinajstić information content (AvgIpc) is 2.38. The van der Waals surface area contributed by atoms with Crippen molar-refractivity contribution < 1.29 is 23.0 Å². The van der Waals surface area contributed by atoms with Gasteiger partial charge in [0.05, 0.1) is 6.61 Å². The van der Waals surface area contributed by atoms with Gasteiger partial charge in [0, 0.05) is 12.1 Å². The maximum Gasteiger partial charge on any atom is 0.387 e. The summed E-state index contributed by atoms with van der Waals surface area (Å²) < 4.78 is 41.4. The van der Waals surface area contributed by atoms with Crippen LogP contribution in [0, 0.1) is 5.82 Å². The summed E-state index contributed by atoms with van der Waals surface area (Å²) >= 11 is 0. The molecule has 0 heterocycles. The molecule has 0 aliphatic carbocycles. The van der Waals surface area contributed by atoms with E-state index in [-0.39, 0.29) is 6.61 Å². The van der Waals surface area contributed by atoms with Crippen LogP contribution in [-0.4, -0.2) is 23.9 Å². The van der Waals surface area contributed by atoms with E-state index >= 15 is 0 Å². The van der Waals surface area contributed by atoms with Gasteiger partial charge in [-0.1, -0.05) is 13.0 Å². The Morgan fingerprint density at radius 1 is 1.42 bits per heavy atom. The molecule has 0 aromatic heterocycles. The number of halogens is 3. The summed E-state index contributed by atoms with van der Waals surface area (Å²) in [7, 11) is 0. The molecule has 0 aliphatic heterocycles. The van der Waals surface area contributed by atoms with Crippen LogP contribution < -0.4 is 10.1 Å². The fraction of sp³-hybridized carbons (Fsp3) is 0.538. The van der Waals surface area contributed by atoms with E-state index < -0.39 is 23.7 Å². The molecule has 0 saturated heterocycles. The van der Waals surface area contributed by atoms with Gasteiger partial charge < -0.3 is 15.2 Å². The van der Waals surface area contributed by atoms with Gasteiger partial charge >= 0.3 is 6.61 Å². The van der Waals surface area contributed by atoms with Gasteiger partial charge in [0.1, 0.15) is 0 Å². The van der Waals surface area contributed by atoms with Crippen LogP contribution >= 0.6 is 0 Å². The summed E-state index contributed by atoms with van der Waals surface area (Å²) in [4.78, 5) is 0. The third-order valence-electron chi connectivity index (χ3n) is 3.06. The summed E-state index contributed by atoms with van der Waals surface area (Å²) in [5, 5.41) is 12.3. The van der Waals surface area contributed by atoms with Gasteiger partial charge in [-0.05, 0) is 31.0 Å². The van der Waals surface area contributed by atoms with Crippen LogP contribution in [0.4, 0.5) is 13.2 Å². The Kier molecular flexibility index (Phi) is 5.62. The van der Waals surface area contributed by atoms with E-state index in [0.717, 1.165) is 6.07 Å². The number of benzene rings is 1. The molecule has 0 aliphatic rings. The SMILES string of the molecule is CCC(C)(CO)NCc1ccc(OC(F)F)c(F)c1. The monoisotopic (exact) mass is 277 g/mol. The third kappa shape index (κ3) is 4.72. The van der Waals surface area contributed by atoms with Crippen LogP contribution in [0.1, 0.15) is 25.8 Å². The molecule has 0 amide bonds. The predicted octanol–water partition coefficient (Wildman–Crippen LogP) is 2.68. The second-order valence-corrected chi connectivity index (χ2v) is 4.57. The Labute approximate surface area is 110 Å². The Morgan fingerprint density at radius 3 is 2.58 bits per heavy atom. The van der Waals surface area contributed by atoms with Crippen LogP contribution in [0.3, 0.4) is 0 Å². The Balaban J connectivity index is 2.68. The van der Waals surface area contributed by atoms with E-state index in [2.05, 4.69) is 10.1 Å². The fourth-order valence-corrected chi connectivity index (χ4v) is 1.45. The fourth-order valence-electron chi connectivity index (χ4n) is 1.45. The van der Waals surface area contributed by atoms with Crippen LogP contribution in [0.2, 0.25) is 0 Å². The molecule has 1 aromatic rings. The van der Waals surface area contributed by atoms with Crippen LogP contribution in [0.25, 0.3) is 0 Å². The molecule has 3 nitrogen and oxygen atoms in total. The first-order chi connectivity index (χ1) is 8.90. The van der Waals surface area contributed by atoms with E-state index in [4.69, 9.17) is 0 Å². The molecule has 1 atom stereocenters. The smallest absolute Gasteiger partial charge is 0.387 e. The number of hydrogen-bond acceptors (Lipinski definition) is 3. The zero-order chi connectivity index (χ0) is 14.5. The van der Waals surface area contributed by atoms with E-state index in [9.17, 15) is 18.3 Å². The molecule has 2 N–H and O–H groups in total. The molecule has 1 rings (SSSR count). The highest BCUT2D eigenvalue weighted by molar-refractivity contribution is 5.29. The summed E-state index contributed by atoms with van der Waals surface area (Å²) in [6, 6.07) is 3.81. The van der Waals surface area contributed by atoms with Crippen LogP contribution in [0.5, 0.6) is 5.75 Å². The molecule has 1 aromatic carbocycles. The molecular weight excluding hydrogens is 259 g/mol. The normalized spacial score (nSPS) is 14.5. The van der Waals surface area contributed by atoms with Crippen molar-refractivity contribution in [1.29, 1.82) is 0 Å². The molecule has 0 fully saturated rings. The number of alkyl halides is 2. The highest BCUT2D eigenvalue weighted by atomic mass is 19.3. The number of nitrogens with one attached hydrogen (secondary N) is 1. The molecule has 6 heteroatoms. The zero-order valence-corrected chi connectivity index (χ0v) is 10.9. The highest BCUT2D eigenvalue weighted by Crippen LogP contribution is 2.21. The molecule has 108 valence electrons. The van der Waals surface area contributed by atoms with E-state index in [1.54, 1.807) is 0 Å². The molecule has 1 unspecified atom stereocenters. The second kappa shape index (κ2) is 6.77. The maximum absolute atomic E-state index is 13.5. The minimum Gasteiger partial charge on any atom is -0.432 e. The number of hydrogen-bond donors (Lipinski definition) is 2. The van der Waals surface area contributed by atoms with Gasteiger partial charge in [-0.3, -0.25) is 0 Å². The minimum absolute atomic E-state index is 0.0431. The van der Waals surface area contributed by atoms with Gasteiger partial charge in [0.15, 0.2) is 11.6 Å². The van der Waals surface area contributed by atoms with Crippen molar-refractivity contribution >= 4 is 0 Å². The Morgan fingerprint density at radius 2 is 2.11 bits per heavy atom. The molecule has 19 heavy (non-hydrogen) atoms. The molecule has 0 bridgehead atoms. The lowest BCUT2D eigenvalue weighted by Crippen LogP contribution is -2.44. The van der Waals surface area contributed by atoms with Gasteiger partial charge in [-0.2, -0.15) is 8.78 Å². The van der Waals surface area contributed by atoms with Crippen molar-refractivity contribution in [3.05, 3.63) is 29.6 Å². The predicted molar refractivity (Wildman–Crippen MR) is 65.7 cm³/mol. The summed E-state index contributed by atoms with van der Waals surface area (Å²) in [6.07, 6.45) is 0.707. The van der Waals surface area contributed by atoms with E-state index in [1.807, 2.05) is 13.8 Å². The maximum atomic E-state index is 13.5. The van der Waals surface area contributed by atoms with Gasteiger partial charge in [0.2, 0.25) is 0 Å². The number of aliphatic hydroxyl groups is 1. The lowest BCUT2D eigenvalue weighted by atomic mass is 10.00. The standard InChI is InChI=1S/C13H18F3NO2/c1-3-13(2,8-18)17-7-9-4-5-11(10(14)6-9)19-12(15)16/h4-6,12,17-18H,3,7-8H2,1-2H3. The number of aliphatic hydroxyl groups excluding tert-OH is 1. The summed E-state index contributed by atoms with van der Waals surface area (Å²) in [5.41, 5.74) is 0.140. The third-order valence-corrected chi connectivity index (χ3v) is 3.06. The van der Waals surface area contributed by atoms with Gasteiger partial charge in [-0.15, -0.1) is 0 Å². The Hall–Kier alpha value is -1.27. The van der Waals surface area contributed by atoms with Crippen LogP contribution in [-0.2, 0) is 6.54 Å². The number of ether oxygens (including phenoxy) is 1. The highest BCUT2D eigenvalue weighted by Gasteiger charge is 2.20. The molecular formula is C13H18F3NO2. The first kappa shape index (κ1) is 15.8. The van der Waals surface area contributed by atoms with Crippen molar-refractivity contribution in [2.75, 3.05) is 6.61 Å². The minimum atomic E-state index is -3.05. The van der Waals surface area contributed by atoms with Gasteiger partial charge in [0.25, 0.3) is 0 Å². The lowest BCUT2D eigenvalue weighted by Gasteiger charge is -2.27. The van der Waals surface area contributed by atoms with E-state index in [1.165, 1.54) is 12.1 Å². The van der Waals surface area contributed by atoms with Crippen molar-refractivity contribution in [1.82, 2.24) is 5.32 Å².